The van der Waals surface area contributed by atoms with E-state index >= 15 is 0 Å². The molecule has 0 spiro atoms. The van der Waals surface area contributed by atoms with E-state index in [1.165, 1.54) is 0 Å². The van der Waals surface area contributed by atoms with Gasteiger partial charge in [-0.25, -0.2) is 0 Å². The number of likely N-dealkylation sites (N-methyl/N-ethyl adjacent to an activating group) is 2. The summed E-state index contributed by atoms with van der Waals surface area (Å²) in [6, 6.07) is 0. The van der Waals surface area contributed by atoms with Gasteiger partial charge in [0.15, 0.2) is 0 Å². The first kappa shape index (κ1) is 12.5. The number of rotatable bonds is 6. The van der Waals surface area contributed by atoms with Crippen LogP contribution in [0.2, 0.25) is 0 Å². The lowest BCUT2D eigenvalue weighted by Crippen LogP contribution is -2.49. The summed E-state index contributed by atoms with van der Waals surface area (Å²) in [6.45, 7) is 12.4. The first-order valence-corrected chi connectivity index (χ1v) is 4.96. The Balaban J connectivity index is 3.98. The third kappa shape index (κ3) is 5.68. The number of hydrogen-bond donors (Lipinski definition) is 1. The van der Waals surface area contributed by atoms with Crippen molar-refractivity contribution in [2.45, 2.75) is 33.2 Å². The Labute approximate surface area is 82.7 Å². The van der Waals surface area contributed by atoms with E-state index in [-0.39, 0.29) is 5.54 Å². The van der Waals surface area contributed by atoms with E-state index < -0.39 is 0 Å². The molecule has 2 nitrogen and oxygen atoms in total. The minimum absolute atomic E-state index is 0.154. The molecule has 0 aromatic carbocycles. The highest BCUT2D eigenvalue weighted by atomic mass is 15.2. The second-order valence-electron chi connectivity index (χ2n) is 3.92. The van der Waals surface area contributed by atoms with Crippen molar-refractivity contribution < 1.29 is 0 Å². The highest BCUT2D eigenvalue weighted by Crippen LogP contribution is 2.04. The standard InChI is InChI=1S/C11H22N2/c1-6-9-13(8-3)10-11(4,5)12-7-2/h1,12H,7-10H2,2-5H3. The predicted octanol–water partition coefficient (Wildman–Crippen LogP) is 1.33. The Morgan fingerprint density at radius 3 is 2.38 bits per heavy atom. The van der Waals surface area contributed by atoms with Gasteiger partial charge in [0.05, 0.1) is 6.54 Å². The van der Waals surface area contributed by atoms with Crippen LogP contribution in [0.4, 0.5) is 0 Å². The molecule has 0 fully saturated rings. The van der Waals surface area contributed by atoms with E-state index in [2.05, 4.69) is 43.8 Å². The summed E-state index contributed by atoms with van der Waals surface area (Å²) >= 11 is 0. The van der Waals surface area contributed by atoms with Crippen LogP contribution in [-0.2, 0) is 0 Å². The average Bonchev–Trinajstić information content (AvgIpc) is 2.03. The monoisotopic (exact) mass is 182 g/mol. The number of terminal acetylenes is 1. The molecular weight excluding hydrogens is 160 g/mol. The minimum Gasteiger partial charge on any atom is -0.311 e. The molecule has 0 aromatic rings. The Hall–Kier alpha value is -0.520. The summed E-state index contributed by atoms with van der Waals surface area (Å²) in [7, 11) is 0. The topological polar surface area (TPSA) is 15.3 Å². The summed E-state index contributed by atoms with van der Waals surface area (Å²) in [5, 5.41) is 3.43. The van der Waals surface area contributed by atoms with Crippen molar-refractivity contribution in [3.05, 3.63) is 0 Å². The number of hydrogen-bond acceptors (Lipinski definition) is 2. The molecule has 0 unspecified atom stereocenters. The Morgan fingerprint density at radius 2 is 2.00 bits per heavy atom. The van der Waals surface area contributed by atoms with Crippen LogP contribution in [-0.4, -0.2) is 36.6 Å². The second-order valence-corrected chi connectivity index (χ2v) is 3.92. The fourth-order valence-corrected chi connectivity index (χ4v) is 1.50. The van der Waals surface area contributed by atoms with Crippen LogP contribution in [0.3, 0.4) is 0 Å². The van der Waals surface area contributed by atoms with Gasteiger partial charge in [0.25, 0.3) is 0 Å². The van der Waals surface area contributed by atoms with Crippen molar-refractivity contribution in [3.63, 3.8) is 0 Å². The van der Waals surface area contributed by atoms with Crippen LogP contribution < -0.4 is 5.32 Å². The number of nitrogens with one attached hydrogen (secondary N) is 1. The molecule has 1 N–H and O–H groups in total. The van der Waals surface area contributed by atoms with Gasteiger partial charge >= 0.3 is 0 Å². The largest absolute Gasteiger partial charge is 0.311 e. The fourth-order valence-electron chi connectivity index (χ4n) is 1.50. The zero-order valence-corrected chi connectivity index (χ0v) is 9.35. The molecule has 0 saturated heterocycles. The summed E-state index contributed by atoms with van der Waals surface area (Å²) < 4.78 is 0. The molecule has 76 valence electrons. The molecule has 0 heterocycles. The zero-order valence-electron chi connectivity index (χ0n) is 9.35. The van der Waals surface area contributed by atoms with Crippen molar-refractivity contribution in [2.75, 3.05) is 26.2 Å². The maximum Gasteiger partial charge on any atom is 0.0599 e. The third-order valence-corrected chi connectivity index (χ3v) is 2.04. The lowest BCUT2D eigenvalue weighted by Gasteiger charge is -2.31. The van der Waals surface area contributed by atoms with E-state index in [9.17, 15) is 0 Å². The average molecular weight is 182 g/mol. The normalized spacial score (nSPS) is 11.7. The summed E-state index contributed by atoms with van der Waals surface area (Å²) in [6.07, 6.45) is 5.29. The molecule has 0 bridgehead atoms. The summed E-state index contributed by atoms with van der Waals surface area (Å²) in [4.78, 5) is 2.27. The highest BCUT2D eigenvalue weighted by molar-refractivity contribution is 4.91. The van der Waals surface area contributed by atoms with Crippen LogP contribution in [0.1, 0.15) is 27.7 Å². The fraction of sp³-hybridized carbons (Fsp3) is 0.818. The molecule has 2 heteroatoms. The zero-order chi connectivity index (χ0) is 10.3. The lowest BCUT2D eigenvalue weighted by atomic mass is 10.1. The molecule has 0 aliphatic rings. The predicted molar refractivity (Wildman–Crippen MR) is 58.7 cm³/mol. The maximum atomic E-state index is 5.29. The third-order valence-electron chi connectivity index (χ3n) is 2.04. The minimum atomic E-state index is 0.154. The number of nitrogens with zero attached hydrogens (tertiary/aromatic N) is 1. The van der Waals surface area contributed by atoms with E-state index in [1.807, 2.05) is 0 Å². The molecule has 0 radical (unpaired) electrons. The first-order valence-electron chi connectivity index (χ1n) is 4.96. The van der Waals surface area contributed by atoms with Gasteiger partial charge in [-0.1, -0.05) is 19.8 Å². The van der Waals surface area contributed by atoms with Crippen molar-refractivity contribution in [1.29, 1.82) is 0 Å². The van der Waals surface area contributed by atoms with Gasteiger partial charge < -0.3 is 5.32 Å². The van der Waals surface area contributed by atoms with Gasteiger partial charge in [-0.05, 0) is 26.9 Å². The van der Waals surface area contributed by atoms with Gasteiger partial charge in [-0.15, -0.1) is 6.42 Å². The van der Waals surface area contributed by atoms with Crippen molar-refractivity contribution in [3.8, 4) is 12.3 Å². The van der Waals surface area contributed by atoms with Gasteiger partial charge in [-0.2, -0.15) is 0 Å². The van der Waals surface area contributed by atoms with E-state index in [0.29, 0.717) is 0 Å². The van der Waals surface area contributed by atoms with Gasteiger partial charge in [0.1, 0.15) is 0 Å². The quantitative estimate of drug-likeness (QED) is 0.623. The van der Waals surface area contributed by atoms with Crippen molar-refractivity contribution in [1.82, 2.24) is 10.2 Å². The molecule has 0 saturated carbocycles. The lowest BCUT2D eigenvalue weighted by molar-refractivity contribution is 0.230. The highest BCUT2D eigenvalue weighted by Gasteiger charge is 2.18. The molecule has 0 aromatic heterocycles. The van der Waals surface area contributed by atoms with Crippen LogP contribution in [0, 0.1) is 12.3 Å². The molecule has 0 rings (SSSR count). The smallest absolute Gasteiger partial charge is 0.0599 e. The first-order chi connectivity index (χ1) is 6.05. The van der Waals surface area contributed by atoms with Crippen LogP contribution in [0.15, 0.2) is 0 Å². The summed E-state index contributed by atoms with van der Waals surface area (Å²) in [5.74, 6) is 2.68. The van der Waals surface area contributed by atoms with Gasteiger partial charge in [0, 0.05) is 12.1 Å². The Morgan fingerprint density at radius 1 is 1.38 bits per heavy atom. The molecule has 0 amide bonds. The molecule has 0 atom stereocenters. The van der Waals surface area contributed by atoms with Crippen molar-refractivity contribution >= 4 is 0 Å². The molecule has 13 heavy (non-hydrogen) atoms. The molecule has 0 aliphatic heterocycles. The second kappa shape index (κ2) is 6.01. The van der Waals surface area contributed by atoms with E-state index in [0.717, 1.165) is 26.2 Å². The van der Waals surface area contributed by atoms with Gasteiger partial charge in [-0.3, -0.25) is 4.90 Å². The van der Waals surface area contributed by atoms with E-state index in [1.54, 1.807) is 0 Å². The molecule has 0 aliphatic carbocycles. The van der Waals surface area contributed by atoms with Crippen LogP contribution >= 0.6 is 0 Å². The van der Waals surface area contributed by atoms with E-state index in [4.69, 9.17) is 6.42 Å². The molecular formula is C11H22N2. The van der Waals surface area contributed by atoms with Crippen LogP contribution in [0.25, 0.3) is 0 Å². The maximum absolute atomic E-state index is 5.29. The van der Waals surface area contributed by atoms with Crippen molar-refractivity contribution in [2.24, 2.45) is 0 Å². The van der Waals surface area contributed by atoms with Gasteiger partial charge in [0.2, 0.25) is 0 Å². The SMILES string of the molecule is C#CCN(CC)CC(C)(C)NCC. The Bertz CT molecular complexity index is 167. The summed E-state index contributed by atoms with van der Waals surface area (Å²) in [5.41, 5.74) is 0.154. The van der Waals surface area contributed by atoms with Crippen LogP contribution in [0.5, 0.6) is 0 Å². The Kier molecular flexibility index (Phi) is 5.77.